The molecular formula is C15H14F3N3O3. The average molecular weight is 341 g/mol. The standard InChI is InChI=1S/C15H14F3N3O3/c16-15(17,18)10-23-13-7-6-12(8-19-13)20-14(22)21-24-9-11-4-2-1-3-5-11/h1-8H,9-10H2,(H2,20,21,22). The second-order valence-corrected chi connectivity index (χ2v) is 4.62. The first-order valence-electron chi connectivity index (χ1n) is 6.81. The van der Waals surface area contributed by atoms with Crippen molar-refractivity contribution in [3.05, 3.63) is 54.2 Å². The van der Waals surface area contributed by atoms with E-state index in [4.69, 9.17) is 4.84 Å². The molecule has 0 aliphatic carbocycles. The van der Waals surface area contributed by atoms with Crippen LogP contribution in [0.25, 0.3) is 0 Å². The van der Waals surface area contributed by atoms with Gasteiger partial charge in [-0.1, -0.05) is 30.3 Å². The number of alkyl halides is 3. The Balaban J connectivity index is 1.73. The fraction of sp³-hybridized carbons (Fsp3) is 0.200. The van der Waals surface area contributed by atoms with Gasteiger partial charge < -0.3 is 10.1 Å². The molecule has 24 heavy (non-hydrogen) atoms. The maximum atomic E-state index is 12.0. The number of anilines is 1. The molecule has 0 aliphatic heterocycles. The quantitative estimate of drug-likeness (QED) is 0.791. The maximum Gasteiger partial charge on any atom is 0.422 e. The van der Waals surface area contributed by atoms with Gasteiger partial charge in [-0.2, -0.15) is 13.2 Å². The predicted octanol–water partition coefficient (Wildman–Crippen LogP) is 3.28. The van der Waals surface area contributed by atoms with E-state index in [0.717, 1.165) is 5.56 Å². The number of rotatable bonds is 6. The summed E-state index contributed by atoms with van der Waals surface area (Å²) in [4.78, 5) is 20.3. The first-order valence-corrected chi connectivity index (χ1v) is 6.81. The van der Waals surface area contributed by atoms with Crippen LogP contribution < -0.4 is 15.5 Å². The number of carbonyl (C=O) groups is 1. The lowest BCUT2D eigenvalue weighted by Crippen LogP contribution is -2.28. The highest BCUT2D eigenvalue weighted by Crippen LogP contribution is 2.17. The molecule has 1 aromatic heterocycles. The van der Waals surface area contributed by atoms with Gasteiger partial charge in [-0.25, -0.2) is 15.3 Å². The van der Waals surface area contributed by atoms with Gasteiger partial charge in [0.05, 0.1) is 18.5 Å². The minimum atomic E-state index is -4.44. The van der Waals surface area contributed by atoms with Gasteiger partial charge in [-0.05, 0) is 11.6 Å². The molecule has 0 unspecified atom stereocenters. The largest absolute Gasteiger partial charge is 0.468 e. The van der Waals surface area contributed by atoms with Crippen LogP contribution in [0, 0.1) is 0 Å². The minimum Gasteiger partial charge on any atom is -0.468 e. The smallest absolute Gasteiger partial charge is 0.422 e. The number of benzene rings is 1. The van der Waals surface area contributed by atoms with Crippen molar-refractivity contribution in [2.45, 2.75) is 12.8 Å². The number of pyridine rings is 1. The fourth-order valence-corrected chi connectivity index (χ4v) is 1.61. The van der Waals surface area contributed by atoms with Gasteiger partial charge in [-0.15, -0.1) is 0 Å². The summed E-state index contributed by atoms with van der Waals surface area (Å²) in [6.45, 7) is -1.24. The first kappa shape index (κ1) is 17.5. The van der Waals surface area contributed by atoms with Crippen molar-refractivity contribution >= 4 is 11.7 Å². The molecule has 0 radical (unpaired) electrons. The summed E-state index contributed by atoms with van der Waals surface area (Å²) >= 11 is 0. The van der Waals surface area contributed by atoms with Gasteiger partial charge in [0.1, 0.15) is 0 Å². The second kappa shape index (κ2) is 8.16. The van der Waals surface area contributed by atoms with Gasteiger partial charge in [0, 0.05) is 6.07 Å². The van der Waals surface area contributed by atoms with Gasteiger partial charge in [0.25, 0.3) is 0 Å². The average Bonchev–Trinajstić information content (AvgIpc) is 2.54. The Bertz CT molecular complexity index is 649. The lowest BCUT2D eigenvalue weighted by atomic mass is 10.2. The summed E-state index contributed by atoms with van der Waals surface area (Å²) < 4.78 is 40.5. The number of hydrogen-bond acceptors (Lipinski definition) is 4. The number of amides is 2. The monoisotopic (exact) mass is 341 g/mol. The first-order chi connectivity index (χ1) is 11.4. The van der Waals surface area contributed by atoms with Crippen LogP contribution >= 0.6 is 0 Å². The van der Waals surface area contributed by atoms with Gasteiger partial charge >= 0.3 is 12.2 Å². The third-order valence-electron chi connectivity index (χ3n) is 2.62. The molecule has 2 aromatic rings. The van der Waals surface area contributed by atoms with Crippen molar-refractivity contribution in [1.82, 2.24) is 10.5 Å². The molecule has 0 bridgehead atoms. The van der Waals surface area contributed by atoms with E-state index in [1.807, 2.05) is 30.3 Å². The third-order valence-corrected chi connectivity index (χ3v) is 2.62. The summed E-state index contributed by atoms with van der Waals surface area (Å²) in [5.41, 5.74) is 3.33. The van der Waals surface area contributed by atoms with Gasteiger partial charge in [0.2, 0.25) is 5.88 Å². The van der Waals surface area contributed by atoms with E-state index in [1.54, 1.807) is 0 Å². The SMILES string of the molecule is O=C(NOCc1ccccc1)Nc1ccc(OCC(F)(F)F)nc1. The number of ether oxygens (including phenoxy) is 1. The number of urea groups is 1. The summed E-state index contributed by atoms with van der Waals surface area (Å²) in [5, 5.41) is 2.41. The molecule has 0 saturated carbocycles. The molecule has 9 heteroatoms. The second-order valence-electron chi connectivity index (χ2n) is 4.62. The van der Waals surface area contributed by atoms with Crippen LogP contribution in [0.2, 0.25) is 0 Å². The number of nitrogens with one attached hydrogen (secondary N) is 2. The minimum absolute atomic E-state index is 0.191. The van der Waals surface area contributed by atoms with Crippen molar-refractivity contribution in [3.8, 4) is 5.88 Å². The van der Waals surface area contributed by atoms with E-state index in [2.05, 4.69) is 20.5 Å². The molecule has 128 valence electrons. The molecule has 2 amide bonds. The molecule has 2 N–H and O–H groups in total. The maximum absolute atomic E-state index is 12.0. The Morgan fingerprint density at radius 2 is 1.88 bits per heavy atom. The highest BCUT2D eigenvalue weighted by atomic mass is 19.4. The number of hydroxylamine groups is 1. The molecule has 0 spiro atoms. The van der Waals surface area contributed by atoms with Crippen molar-refractivity contribution in [2.75, 3.05) is 11.9 Å². The summed E-state index contributed by atoms with van der Waals surface area (Å²) in [6, 6.07) is 11.1. The van der Waals surface area contributed by atoms with Crippen molar-refractivity contribution < 1.29 is 27.5 Å². The summed E-state index contributed by atoms with van der Waals surface area (Å²) in [6.07, 6.45) is -3.27. The summed E-state index contributed by atoms with van der Waals surface area (Å²) in [7, 11) is 0. The Hall–Kier alpha value is -2.81. The number of nitrogens with zero attached hydrogens (tertiary/aromatic N) is 1. The zero-order chi connectivity index (χ0) is 17.4. The Labute approximate surface area is 135 Å². The molecule has 0 aliphatic rings. The van der Waals surface area contributed by atoms with E-state index in [9.17, 15) is 18.0 Å². The highest BCUT2D eigenvalue weighted by molar-refractivity contribution is 5.88. The Morgan fingerprint density at radius 1 is 1.12 bits per heavy atom. The molecule has 6 nitrogen and oxygen atoms in total. The highest BCUT2D eigenvalue weighted by Gasteiger charge is 2.28. The van der Waals surface area contributed by atoms with Crippen molar-refractivity contribution in [2.24, 2.45) is 0 Å². The lowest BCUT2D eigenvalue weighted by Gasteiger charge is -2.10. The number of hydrogen-bond donors (Lipinski definition) is 2. The van der Waals surface area contributed by atoms with E-state index in [-0.39, 0.29) is 18.2 Å². The van der Waals surface area contributed by atoms with Crippen LogP contribution in [0.1, 0.15) is 5.56 Å². The third kappa shape index (κ3) is 6.53. The predicted molar refractivity (Wildman–Crippen MR) is 79.2 cm³/mol. The van der Waals surface area contributed by atoms with Crippen molar-refractivity contribution in [3.63, 3.8) is 0 Å². The lowest BCUT2D eigenvalue weighted by molar-refractivity contribution is -0.154. The van der Waals surface area contributed by atoms with Gasteiger partial charge in [0.15, 0.2) is 6.61 Å². The molecule has 2 rings (SSSR count). The topological polar surface area (TPSA) is 72.5 Å². The van der Waals surface area contributed by atoms with E-state index in [1.165, 1.54) is 18.3 Å². The number of aromatic nitrogens is 1. The van der Waals surface area contributed by atoms with Crippen molar-refractivity contribution in [1.29, 1.82) is 0 Å². The molecule has 1 aromatic carbocycles. The van der Waals surface area contributed by atoms with Crippen LogP contribution in [-0.4, -0.2) is 23.8 Å². The number of halogens is 3. The van der Waals surface area contributed by atoms with Crippen LogP contribution in [0.3, 0.4) is 0 Å². The Morgan fingerprint density at radius 3 is 2.50 bits per heavy atom. The van der Waals surface area contributed by atoms with E-state index >= 15 is 0 Å². The molecule has 0 atom stereocenters. The molecular weight excluding hydrogens is 327 g/mol. The van der Waals surface area contributed by atoms with E-state index in [0.29, 0.717) is 0 Å². The zero-order valence-corrected chi connectivity index (χ0v) is 12.3. The Kier molecular flexibility index (Phi) is 5.96. The van der Waals surface area contributed by atoms with Crippen LogP contribution in [0.4, 0.5) is 23.7 Å². The molecule has 0 fully saturated rings. The normalized spacial score (nSPS) is 11.0. The number of carbonyl (C=O) groups excluding carboxylic acids is 1. The van der Waals surface area contributed by atoms with Crippen LogP contribution in [0.5, 0.6) is 5.88 Å². The zero-order valence-electron chi connectivity index (χ0n) is 12.3. The van der Waals surface area contributed by atoms with E-state index < -0.39 is 18.8 Å². The molecule has 1 heterocycles. The fourth-order valence-electron chi connectivity index (χ4n) is 1.61. The van der Waals surface area contributed by atoms with Gasteiger partial charge in [-0.3, -0.25) is 4.84 Å². The summed E-state index contributed by atoms with van der Waals surface area (Å²) in [5.74, 6) is -0.196. The molecule has 0 saturated heterocycles. The van der Waals surface area contributed by atoms with Crippen LogP contribution in [0.15, 0.2) is 48.7 Å². The van der Waals surface area contributed by atoms with Crippen LogP contribution in [-0.2, 0) is 11.4 Å².